The highest BCUT2D eigenvalue weighted by Crippen LogP contribution is 2.34. The molecule has 0 spiro atoms. The Morgan fingerprint density at radius 2 is 2.09 bits per heavy atom. The van der Waals surface area contributed by atoms with Crippen molar-refractivity contribution in [3.05, 3.63) is 22.4 Å². The van der Waals surface area contributed by atoms with E-state index in [0.717, 1.165) is 31.5 Å². The third-order valence-corrected chi connectivity index (χ3v) is 6.49. The van der Waals surface area contributed by atoms with Crippen molar-refractivity contribution in [1.29, 1.82) is 0 Å². The molecule has 5 heteroatoms. The molecule has 1 aromatic heterocycles. The fourth-order valence-electron chi connectivity index (χ4n) is 4.12. The first-order chi connectivity index (χ1) is 11.2. The monoisotopic (exact) mass is 332 g/mol. The molecule has 3 aliphatic heterocycles. The van der Waals surface area contributed by atoms with Gasteiger partial charge in [-0.15, -0.1) is 0 Å². The van der Waals surface area contributed by atoms with Gasteiger partial charge >= 0.3 is 0 Å². The summed E-state index contributed by atoms with van der Waals surface area (Å²) in [5.41, 5.74) is 1.09. The van der Waals surface area contributed by atoms with Crippen LogP contribution in [0.25, 0.3) is 0 Å². The lowest BCUT2D eigenvalue weighted by Gasteiger charge is -2.40. The molecular formula is C18H24N2O2S. The Morgan fingerprint density at radius 1 is 1.22 bits per heavy atom. The summed E-state index contributed by atoms with van der Waals surface area (Å²) in [6.45, 7) is 2.28. The molecule has 0 aromatic carbocycles. The van der Waals surface area contributed by atoms with Gasteiger partial charge in [0.2, 0.25) is 11.8 Å². The SMILES string of the molecule is O=C(Cc1ccsc1)N1CC2CCC(C1)N(CC1CCC1)C2=O. The molecule has 1 aromatic rings. The Bertz CT molecular complexity index is 582. The van der Waals surface area contributed by atoms with E-state index in [9.17, 15) is 9.59 Å². The predicted molar refractivity (Wildman–Crippen MR) is 90.2 cm³/mol. The maximum Gasteiger partial charge on any atom is 0.227 e. The Balaban J connectivity index is 1.45. The van der Waals surface area contributed by atoms with Crippen LogP contribution < -0.4 is 0 Å². The fraction of sp³-hybridized carbons (Fsp3) is 0.667. The van der Waals surface area contributed by atoms with Crippen molar-refractivity contribution in [2.45, 2.75) is 44.6 Å². The van der Waals surface area contributed by atoms with Gasteiger partial charge in [0, 0.05) is 25.7 Å². The van der Waals surface area contributed by atoms with Gasteiger partial charge in [-0.2, -0.15) is 11.3 Å². The second kappa shape index (κ2) is 6.27. The number of hydrogen-bond donors (Lipinski definition) is 0. The van der Waals surface area contributed by atoms with E-state index < -0.39 is 0 Å². The number of nitrogens with zero attached hydrogens (tertiary/aromatic N) is 2. The number of thiophene rings is 1. The van der Waals surface area contributed by atoms with Gasteiger partial charge in [-0.3, -0.25) is 9.59 Å². The van der Waals surface area contributed by atoms with Crippen molar-refractivity contribution in [2.75, 3.05) is 19.6 Å². The van der Waals surface area contributed by atoms with Crippen molar-refractivity contribution in [1.82, 2.24) is 9.80 Å². The molecule has 3 saturated heterocycles. The highest BCUT2D eigenvalue weighted by atomic mass is 32.1. The molecule has 124 valence electrons. The Hall–Kier alpha value is -1.36. The number of carbonyl (C=O) groups excluding carboxylic acids is 2. The molecule has 2 bridgehead atoms. The summed E-state index contributed by atoms with van der Waals surface area (Å²) in [6.07, 6.45) is 6.33. The quantitative estimate of drug-likeness (QED) is 0.850. The zero-order valence-electron chi connectivity index (χ0n) is 13.4. The van der Waals surface area contributed by atoms with E-state index in [1.807, 2.05) is 21.7 Å². The van der Waals surface area contributed by atoms with Crippen LogP contribution in [0.15, 0.2) is 16.8 Å². The molecule has 0 radical (unpaired) electrons. The largest absolute Gasteiger partial charge is 0.340 e. The second-order valence-electron chi connectivity index (χ2n) is 7.32. The minimum absolute atomic E-state index is 0.0280. The molecule has 4 aliphatic rings. The van der Waals surface area contributed by atoms with Crippen molar-refractivity contribution in [2.24, 2.45) is 11.8 Å². The zero-order valence-corrected chi connectivity index (χ0v) is 14.3. The Labute approximate surface area is 141 Å². The average molecular weight is 332 g/mol. The van der Waals surface area contributed by atoms with Gasteiger partial charge in [-0.05, 0) is 54.0 Å². The summed E-state index contributed by atoms with van der Waals surface area (Å²) in [5, 5.41) is 4.05. The Morgan fingerprint density at radius 3 is 2.78 bits per heavy atom. The van der Waals surface area contributed by atoms with Crippen molar-refractivity contribution < 1.29 is 9.59 Å². The Kier molecular flexibility index (Phi) is 4.14. The lowest BCUT2D eigenvalue weighted by Crippen LogP contribution is -2.50. The average Bonchev–Trinajstić information content (AvgIpc) is 2.84. The third-order valence-electron chi connectivity index (χ3n) is 5.76. The molecule has 2 atom stereocenters. The number of rotatable bonds is 4. The van der Waals surface area contributed by atoms with Gasteiger partial charge in [-0.25, -0.2) is 0 Å². The van der Waals surface area contributed by atoms with Gasteiger partial charge < -0.3 is 9.80 Å². The normalized spacial score (nSPS) is 27.9. The molecule has 4 nitrogen and oxygen atoms in total. The summed E-state index contributed by atoms with van der Waals surface area (Å²) in [4.78, 5) is 29.5. The van der Waals surface area contributed by atoms with Crippen LogP contribution in [0, 0.1) is 11.8 Å². The smallest absolute Gasteiger partial charge is 0.227 e. The highest BCUT2D eigenvalue weighted by molar-refractivity contribution is 7.08. The van der Waals surface area contributed by atoms with Crippen LogP contribution in [0.5, 0.6) is 0 Å². The lowest BCUT2D eigenvalue weighted by atomic mass is 9.83. The van der Waals surface area contributed by atoms with Crippen LogP contribution in [0.4, 0.5) is 0 Å². The van der Waals surface area contributed by atoms with E-state index in [1.54, 1.807) is 11.3 Å². The van der Waals surface area contributed by atoms with Gasteiger partial charge in [0.05, 0.1) is 12.3 Å². The van der Waals surface area contributed by atoms with Crippen molar-refractivity contribution in [3.8, 4) is 0 Å². The van der Waals surface area contributed by atoms with E-state index in [4.69, 9.17) is 0 Å². The summed E-state index contributed by atoms with van der Waals surface area (Å²) < 4.78 is 0. The van der Waals surface area contributed by atoms with E-state index in [2.05, 4.69) is 4.90 Å². The number of piperidine rings is 1. The fourth-order valence-corrected chi connectivity index (χ4v) is 4.79. The molecule has 0 N–H and O–H groups in total. The van der Waals surface area contributed by atoms with Crippen LogP contribution in [0.3, 0.4) is 0 Å². The summed E-state index contributed by atoms with van der Waals surface area (Å²) in [7, 11) is 0. The maximum absolute atomic E-state index is 12.8. The van der Waals surface area contributed by atoms with Crippen LogP contribution in [0.1, 0.15) is 37.7 Å². The minimum Gasteiger partial charge on any atom is -0.340 e. The molecule has 4 fully saturated rings. The molecule has 4 heterocycles. The van der Waals surface area contributed by atoms with Crippen molar-refractivity contribution in [3.63, 3.8) is 0 Å². The molecular weight excluding hydrogens is 308 g/mol. The van der Waals surface area contributed by atoms with E-state index >= 15 is 0 Å². The minimum atomic E-state index is 0.0280. The van der Waals surface area contributed by atoms with Crippen LogP contribution in [-0.2, 0) is 16.0 Å². The molecule has 5 rings (SSSR count). The van der Waals surface area contributed by atoms with E-state index in [0.29, 0.717) is 24.8 Å². The molecule has 23 heavy (non-hydrogen) atoms. The van der Waals surface area contributed by atoms with E-state index in [1.165, 1.54) is 19.3 Å². The van der Waals surface area contributed by atoms with Gasteiger partial charge in [0.25, 0.3) is 0 Å². The first-order valence-corrected chi connectivity index (χ1v) is 9.74. The molecule has 1 aliphatic carbocycles. The van der Waals surface area contributed by atoms with Gasteiger partial charge in [-0.1, -0.05) is 6.42 Å². The van der Waals surface area contributed by atoms with E-state index in [-0.39, 0.29) is 17.9 Å². The molecule has 1 saturated carbocycles. The summed E-state index contributed by atoms with van der Waals surface area (Å²) >= 11 is 1.63. The summed E-state index contributed by atoms with van der Waals surface area (Å²) in [5.74, 6) is 1.21. The first kappa shape index (κ1) is 15.2. The van der Waals surface area contributed by atoms with Gasteiger partial charge in [0.15, 0.2) is 0 Å². The number of fused-ring (bicyclic) bond motifs is 4. The molecule has 2 amide bonds. The topological polar surface area (TPSA) is 40.6 Å². The third kappa shape index (κ3) is 3.03. The van der Waals surface area contributed by atoms with Crippen LogP contribution >= 0.6 is 11.3 Å². The van der Waals surface area contributed by atoms with Crippen LogP contribution in [-0.4, -0.2) is 47.3 Å². The molecule has 2 unspecified atom stereocenters. The number of amides is 2. The predicted octanol–water partition coefficient (Wildman–Crippen LogP) is 2.54. The lowest BCUT2D eigenvalue weighted by molar-refractivity contribution is -0.141. The zero-order chi connectivity index (χ0) is 15.8. The number of hydrogen-bond acceptors (Lipinski definition) is 3. The standard InChI is InChI=1S/C18H24N2O2S/c21-17(8-14-6-7-23-12-14)19-10-15-4-5-16(11-19)20(18(15)22)9-13-2-1-3-13/h6-7,12-13,15-16H,1-5,8-11H2. The van der Waals surface area contributed by atoms with Crippen molar-refractivity contribution >= 4 is 23.2 Å². The second-order valence-corrected chi connectivity index (χ2v) is 8.10. The number of carbonyl (C=O) groups is 2. The van der Waals surface area contributed by atoms with Gasteiger partial charge in [0.1, 0.15) is 0 Å². The maximum atomic E-state index is 12.8. The highest BCUT2D eigenvalue weighted by Gasteiger charge is 2.42. The first-order valence-electron chi connectivity index (χ1n) is 8.80. The van der Waals surface area contributed by atoms with Crippen LogP contribution in [0.2, 0.25) is 0 Å². The summed E-state index contributed by atoms with van der Waals surface area (Å²) in [6, 6.07) is 2.26.